The fourth-order valence-corrected chi connectivity index (χ4v) is 6.54. The number of para-hydroxylation sites is 1. The molecule has 0 saturated carbocycles. The molecule has 0 amide bonds. The summed E-state index contributed by atoms with van der Waals surface area (Å²) in [6, 6.07) is 15.4. The van der Waals surface area contributed by atoms with Gasteiger partial charge in [-0.15, -0.1) is 0 Å². The van der Waals surface area contributed by atoms with Crippen molar-refractivity contribution in [2.75, 3.05) is 27.4 Å². The molecule has 4 rings (SSSR count). The Hall–Kier alpha value is -3.72. The minimum absolute atomic E-state index is 0.0242. The number of fused-ring (bicyclic) bond motifs is 1. The Balaban J connectivity index is 1.70. The molecule has 14 heteroatoms. The van der Waals surface area contributed by atoms with Crippen LogP contribution in [0.3, 0.4) is 0 Å². The summed E-state index contributed by atoms with van der Waals surface area (Å²) < 4.78 is 109. The van der Waals surface area contributed by atoms with Gasteiger partial charge in [0.2, 0.25) is 10.0 Å². The molecular weight excluding hydrogens is 585 g/mol. The molecule has 41 heavy (non-hydrogen) atoms. The summed E-state index contributed by atoms with van der Waals surface area (Å²) in [5, 5.41) is 0.625. The van der Waals surface area contributed by atoms with Crippen molar-refractivity contribution in [2.24, 2.45) is 0 Å². The predicted molar refractivity (Wildman–Crippen MR) is 143 cm³/mol. The van der Waals surface area contributed by atoms with E-state index in [4.69, 9.17) is 13.7 Å². The number of ether oxygens (including phenoxy) is 2. The van der Waals surface area contributed by atoms with Gasteiger partial charge in [-0.05, 0) is 48.0 Å². The molecule has 0 atom stereocenters. The summed E-state index contributed by atoms with van der Waals surface area (Å²) in [5.74, 6) is -0.368. The number of hydrogen-bond donors (Lipinski definition) is 0. The van der Waals surface area contributed by atoms with Crippen LogP contribution in [0.25, 0.3) is 10.9 Å². The number of pyridine rings is 1. The second-order valence-electron chi connectivity index (χ2n) is 8.71. The molecule has 0 spiro atoms. The van der Waals surface area contributed by atoms with E-state index in [2.05, 4.69) is 4.98 Å². The van der Waals surface area contributed by atoms with Crippen LogP contribution in [0.2, 0.25) is 0 Å². The quantitative estimate of drug-likeness (QED) is 0.221. The lowest BCUT2D eigenvalue weighted by atomic mass is 10.2. The van der Waals surface area contributed by atoms with Crippen LogP contribution in [0, 0.1) is 0 Å². The minimum Gasteiger partial charge on any atom is -0.493 e. The van der Waals surface area contributed by atoms with Gasteiger partial charge in [0.25, 0.3) is 0 Å². The number of aromatic nitrogens is 1. The van der Waals surface area contributed by atoms with Gasteiger partial charge in [0.1, 0.15) is 9.79 Å². The highest BCUT2D eigenvalue weighted by molar-refractivity contribution is 7.89. The topological polar surface area (TPSA) is 112 Å². The van der Waals surface area contributed by atoms with Gasteiger partial charge in [0.05, 0.1) is 24.8 Å². The highest BCUT2D eigenvalue weighted by atomic mass is 32.2. The maximum atomic E-state index is 13.8. The Morgan fingerprint density at radius 3 is 2.32 bits per heavy atom. The first-order chi connectivity index (χ1) is 19.4. The van der Waals surface area contributed by atoms with Crippen molar-refractivity contribution in [1.29, 1.82) is 0 Å². The molecule has 0 aliphatic rings. The van der Waals surface area contributed by atoms with E-state index in [-0.39, 0.29) is 41.6 Å². The highest BCUT2D eigenvalue weighted by Gasteiger charge is 2.32. The van der Waals surface area contributed by atoms with Gasteiger partial charge in [-0.3, -0.25) is 4.98 Å². The van der Waals surface area contributed by atoms with Crippen molar-refractivity contribution in [3.63, 3.8) is 0 Å². The molecule has 3 aromatic carbocycles. The zero-order valence-electron chi connectivity index (χ0n) is 21.8. The van der Waals surface area contributed by atoms with Gasteiger partial charge in [0, 0.05) is 31.8 Å². The van der Waals surface area contributed by atoms with Crippen LogP contribution in [-0.4, -0.2) is 53.5 Å². The number of rotatable bonds is 11. The molecule has 9 nitrogen and oxygen atoms in total. The fraction of sp³-hybridized carbons (Fsp3) is 0.222. The van der Waals surface area contributed by atoms with Crippen LogP contribution in [-0.2, 0) is 37.6 Å². The van der Waals surface area contributed by atoms with E-state index < -0.39 is 36.8 Å². The summed E-state index contributed by atoms with van der Waals surface area (Å²) in [5.41, 5.74) is -0.568. The van der Waals surface area contributed by atoms with Gasteiger partial charge in [0.15, 0.2) is 11.5 Å². The van der Waals surface area contributed by atoms with Gasteiger partial charge < -0.3 is 13.7 Å². The Labute approximate surface area is 235 Å². The van der Waals surface area contributed by atoms with Gasteiger partial charge in [-0.2, -0.15) is 25.9 Å². The third-order valence-corrected chi connectivity index (χ3v) is 9.10. The van der Waals surface area contributed by atoms with E-state index in [9.17, 15) is 30.0 Å². The van der Waals surface area contributed by atoms with E-state index in [0.717, 1.165) is 22.5 Å². The summed E-state index contributed by atoms with van der Waals surface area (Å²) >= 11 is 0. The van der Waals surface area contributed by atoms with E-state index in [1.165, 1.54) is 44.7 Å². The number of sulfonamides is 1. The maximum Gasteiger partial charge on any atom is 0.416 e. The van der Waals surface area contributed by atoms with Gasteiger partial charge >= 0.3 is 16.3 Å². The Morgan fingerprint density at radius 1 is 0.878 bits per heavy atom. The molecular formula is C27H25F3N2O7S2. The van der Waals surface area contributed by atoms with Crippen molar-refractivity contribution in [3.8, 4) is 11.5 Å². The summed E-state index contributed by atoms with van der Waals surface area (Å²) in [6.45, 7) is -0.216. The van der Waals surface area contributed by atoms with E-state index >= 15 is 0 Å². The minimum atomic E-state index is -4.76. The summed E-state index contributed by atoms with van der Waals surface area (Å²) in [4.78, 5) is 3.49. The molecule has 4 aromatic rings. The van der Waals surface area contributed by atoms with Crippen LogP contribution >= 0.6 is 0 Å². The van der Waals surface area contributed by atoms with Crippen molar-refractivity contribution >= 4 is 31.0 Å². The standard InChI is InChI=1S/C27H25F3N2O7S2/c1-37-15-14-32(40(33,34)25-10-3-6-20-7-5-13-31-26(20)25)18-19-11-12-23(38-2)24(16-19)39-41(35,36)22-9-4-8-21(17-22)27(28,29)30/h3-13,16-17H,14-15,18H2,1-2H3. The Bertz CT molecular complexity index is 1760. The lowest BCUT2D eigenvalue weighted by molar-refractivity contribution is -0.137. The smallest absolute Gasteiger partial charge is 0.416 e. The zero-order valence-corrected chi connectivity index (χ0v) is 23.5. The normalized spacial score (nSPS) is 12.5. The van der Waals surface area contributed by atoms with Crippen molar-refractivity contribution < 1.29 is 43.7 Å². The number of hydrogen-bond acceptors (Lipinski definition) is 8. The molecule has 0 fully saturated rings. The molecule has 218 valence electrons. The van der Waals surface area contributed by atoms with Crippen LogP contribution in [0.15, 0.2) is 88.8 Å². The number of methoxy groups -OCH3 is 2. The average Bonchev–Trinajstić information content (AvgIpc) is 2.94. The second-order valence-corrected chi connectivity index (χ2v) is 12.2. The van der Waals surface area contributed by atoms with Crippen molar-refractivity contribution in [3.05, 3.63) is 90.1 Å². The predicted octanol–water partition coefficient (Wildman–Crippen LogP) is 4.87. The van der Waals surface area contributed by atoms with Crippen LogP contribution < -0.4 is 8.92 Å². The van der Waals surface area contributed by atoms with E-state index in [0.29, 0.717) is 17.0 Å². The SMILES string of the molecule is COCCN(Cc1ccc(OC)c(OS(=O)(=O)c2cccc(C(F)(F)F)c2)c1)S(=O)(=O)c1cccc2cccnc12. The van der Waals surface area contributed by atoms with Gasteiger partial charge in [-0.1, -0.05) is 30.3 Å². The van der Waals surface area contributed by atoms with E-state index in [1.54, 1.807) is 24.3 Å². The maximum absolute atomic E-state index is 13.8. The highest BCUT2D eigenvalue weighted by Crippen LogP contribution is 2.34. The molecule has 0 aliphatic carbocycles. The molecule has 0 unspecified atom stereocenters. The van der Waals surface area contributed by atoms with Gasteiger partial charge in [-0.25, -0.2) is 8.42 Å². The first kappa shape index (κ1) is 30.2. The molecule has 0 saturated heterocycles. The fourth-order valence-electron chi connectivity index (χ4n) is 3.98. The number of halogens is 3. The molecule has 0 radical (unpaired) electrons. The molecule has 0 bridgehead atoms. The summed E-state index contributed by atoms with van der Waals surface area (Å²) in [7, 11) is -6.18. The third-order valence-electron chi connectivity index (χ3n) is 5.99. The number of alkyl halides is 3. The summed E-state index contributed by atoms with van der Waals surface area (Å²) in [6.07, 6.45) is -3.28. The van der Waals surface area contributed by atoms with Crippen LogP contribution in [0.5, 0.6) is 11.5 Å². The first-order valence-corrected chi connectivity index (χ1v) is 14.8. The molecule has 0 N–H and O–H groups in total. The third kappa shape index (κ3) is 6.78. The lowest BCUT2D eigenvalue weighted by Crippen LogP contribution is -2.33. The van der Waals surface area contributed by atoms with Crippen molar-refractivity contribution in [2.45, 2.75) is 22.5 Å². The van der Waals surface area contributed by atoms with E-state index in [1.807, 2.05) is 0 Å². The molecule has 1 heterocycles. The number of benzene rings is 3. The largest absolute Gasteiger partial charge is 0.493 e. The molecule has 1 aromatic heterocycles. The lowest BCUT2D eigenvalue weighted by Gasteiger charge is -2.23. The number of nitrogens with zero attached hydrogens (tertiary/aromatic N) is 2. The van der Waals surface area contributed by atoms with Crippen LogP contribution in [0.1, 0.15) is 11.1 Å². The first-order valence-electron chi connectivity index (χ1n) is 12.0. The zero-order chi connectivity index (χ0) is 29.8. The monoisotopic (exact) mass is 610 g/mol. The van der Waals surface area contributed by atoms with Crippen LogP contribution in [0.4, 0.5) is 13.2 Å². The van der Waals surface area contributed by atoms with Crippen molar-refractivity contribution in [1.82, 2.24) is 9.29 Å². The average molecular weight is 611 g/mol. The second kappa shape index (κ2) is 12.0. The Morgan fingerprint density at radius 2 is 1.61 bits per heavy atom. The Kier molecular flexibility index (Phi) is 8.87. The molecule has 0 aliphatic heterocycles.